The van der Waals surface area contributed by atoms with Crippen molar-refractivity contribution >= 4 is 23.5 Å². The summed E-state index contributed by atoms with van der Waals surface area (Å²) in [4.78, 5) is 31.5. The van der Waals surface area contributed by atoms with Gasteiger partial charge in [-0.05, 0) is 31.4 Å². The van der Waals surface area contributed by atoms with Gasteiger partial charge >= 0.3 is 6.03 Å². The van der Waals surface area contributed by atoms with E-state index in [0.717, 1.165) is 19.3 Å². The second kappa shape index (κ2) is 4.81. The summed E-state index contributed by atoms with van der Waals surface area (Å²) < 4.78 is 0. The average Bonchev–Trinajstić information content (AvgIpc) is 2.65. The first kappa shape index (κ1) is 12.4. The molecule has 0 aromatic carbocycles. The van der Waals surface area contributed by atoms with Gasteiger partial charge in [0.05, 0.1) is 12.2 Å². The zero-order valence-electron chi connectivity index (χ0n) is 10.4. The minimum Gasteiger partial charge on any atom is -0.312 e. The molecule has 3 heterocycles. The summed E-state index contributed by atoms with van der Waals surface area (Å²) in [7, 11) is 0. The van der Waals surface area contributed by atoms with Crippen molar-refractivity contribution < 1.29 is 9.59 Å². The minimum atomic E-state index is -0.263. The van der Waals surface area contributed by atoms with Crippen LogP contribution < -0.4 is 0 Å². The molecule has 0 N–H and O–H groups in total. The molecule has 1 aromatic rings. The highest BCUT2D eigenvalue weighted by Crippen LogP contribution is 2.27. The van der Waals surface area contributed by atoms with Gasteiger partial charge in [-0.2, -0.15) is 0 Å². The minimum absolute atomic E-state index is 0.105. The Morgan fingerprint density at radius 1 is 1.32 bits per heavy atom. The normalized spacial score (nSPS) is 22.9. The quantitative estimate of drug-likeness (QED) is 0.615. The summed E-state index contributed by atoms with van der Waals surface area (Å²) in [5.41, 5.74) is 0.633. The fourth-order valence-electron chi connectivity index (χ4n) is 2.69. The highest BCUT2D eigenvalue weighted by atomic mass is 35.5. The second-order valence-corrected chi connectivity index (χ2v) is 5.25. The third-order valence-corrected chi connectivity index (χ3v) is 3.83. The van der Waals surface area contributed by atoms with Gasteiger partial charge in [-0.3, -0.25) is 9.69 Å². The molecule has 0 spiro atoms. The molecule has 19 heavy (non-hydrogen) atoms. The highest BCUT2D eigenvalue weighted by Gasteiger charge is 2.45. The molecule has 2 aliphatic heterocycles. The summed E-state index contributed by atoms with van der Waals surface area (Å²) in [6.07, 6.45) is 2.74. The van der Waals surface area contributed by atoms with Crippen LogP contribution in [-0.4, -0.2) is 39.3 Å². The molecule has 5 nitrogen and oxygen atoms in total. The number of nitrogens with zero attached hydrogens (tertiary/aromatic N) is 3. The highest BCUT2D eigenvalue weighted by molar-refractivity contribution is 6.29. The van der Waals surface area contributed by atoms with Crippen LogP contribution in [0.4, 0.5) is 4.79 Å². The van der Waals surface area contributed by atoms with Crippen molar-refractivity contribution in [2.75, 3.05) is 6.54 Å². The van der Waals surface area contributed by atoms with E-state index in [2.05, 4.69) is 4.98 Å². The standard InChI is InChI=1S/C13H14ClN3O2/c14-11-6-3-4-9(15-11)8-17-12(18)10-5-1-2-7-16(10)13(17)19/h3-4,6,10H,1-2,5,7-8H2. The number of urea groups is 1. The van der Waals surface area contributed by atoms with Crippen LogP contribution in [-0.2, 0) is 11.3 Å². The Balaban J connectivity index is 1.81. The molecule has 2 saturated heterocycles. The number of pyridine rings is 1. The predicted molar refractivity (Wildman–Crippen MR) is 69.5 cm³/mol. The SMILES string of the molecule is O=C1C2CCCCN2C(=O)N1Cc1cccc(Cl)n1. The third-order valence-electron chi connectivity index (χ3n) is 3.62. The number of rotatable bonds is 2. The van der Waals surface area contributed by atoms with Crippen LogP contribution in [0.1, 0.15) is 25.0 Å². The molecule has 100 valence electrons. The lowest BCUT2D eigenvalue weighted by atomic mass is 10.0. The maximum absolute atomic E-state index is 12.2. The molecule has 1 atom stereocenters. The van der Waals surface area contributed by atoms with E-state index < -0.39 is 0 Å². The van der Waals surface area contributed by atoms with Gasteiger partial charge in [-0.25, -0.2) is 9.78 Å². The van der Waals surface area contributed by atoms with Gasteiger partial charge in [0.2, 0.25) is 0 Å². The lowest BCUT2D eigenvalue weighted by Crippen LogP contribution is -2.38. The molecule has 3 amide bonds. The van der Waals surface area contributed by atoms with E-state index >= 15 is 0 Å². The van der Waals surface area contributed by atoms with Crippen LogP contribution in [0, 0.1) is 0 Å². The lowest BCUT2D eigenvalue weighted by Gasteiger charge is -2.26. The number of halogens is 1. The first-order chi connectivity index (χ1) is 9.16. The third kappa shape index (κ3) is 2.18. The zero-order chi connectivity index (χ0) is 13.4. The van der Waals surface area contributed by atoms with Crippen LogP contribution in [0.25, 0.3) is 0 Å². The summed E-state index contributed by atoms with van der Waals surface area (Å²) >= 11 is 5.82. The largest absolute Gasteiger partial charge is 0.327 e. The number of fused-ring (bicyclic) bond motifs is 1. The van der Waals surface area contributed by atoms with Crippen LogP contribution in [0.2, 0.25) is 5.15 Å². The summed E-state index contributed by atoms with van der Waals surface area (Å²) in [6, 6.07) is 4.74. The van der Waals surface area contributed by atoms with Gasteiger partial charge < -0.3 is 4.90 Å². The fraction of sp³-hybridized carbons (Fsp3) is 0.462. The zero-order valence-corrected chi connectivity index (χ0v) is 11.1. The smallest absolute Gasteiger partial charge is 0.312 e. The van der Waals surface area contributed by atoms with Gasteiger partial charge in [-0.15, -0.1) is 0 Å². The Hall–Kier alpha value is -1.62. The van der Waals surface area contributed by atoms with Crippen LogP contribution in [0.3, 0.4) is 0 Å². The van der Waals surface area contributed by atoms with Gasteiger partial charge in [0, 0.05) is 6.54 Å². The molecule has 1 unspecified atom stereocenters. The number of imide groups is 1. The Labute approximate surface area is 116 Å². The molecular weight excluding hydrogens is 266 g/mol. The molecule has 0 saturated carbocycles. The van der Waals surface area contributed by atoms with Gasteiger partial charge in [0.1, 0.15) is 11.2 Å². The number of piperidine rings is 1. The number of amides is 3. The van der Waals surface area contributed by atoms with E-state index in [0.29, 0.717) is 17.4 Å². The van der Waals surface area contributed by atoms with E-state index in [1.807, 2.05) is 0 Å². The monoisotopic (exact) mass is 279 g/mol. The molecule has 3 rings (SSSR count). The van der Waals surface area contributed by atoms with E-state index in [9.17, 15) is 9.59 Å². The molecule has 6 heteroatoms. The number of aromatic nitrogens is 1. The number of hydrogen-bond donors (Lipinski definition) is 0. The number of carbonyl (C=O) groups excluding carboxylic acids is 2. The Bertz CT molecular complexity index is 510. The molecule has 0 radical (unpaired) electrons. The van der Waals surface area contributed by atoms with Crippen molar-refractivity contribution in [1.82, 2.24) is 14.8 Å². The Morgan fingerprint density at radius 2 is 2.16 bits per heavy atom. The Morgan fingerprint density at radius 3 is 2.89 bits per heavy atom. The fourth-order valence-corrected chi connectivity index (χ4v) is 2.87. The van der Waals surface area contributed by atoms with Crippen molar-refractivity contribution in [3.63, 3.8) is 0 Å². The van der Waals surface area contributed by atoms with Gasteiger partial charge in [-0.1, -0.05) is 17.7 Å². The van der Waals surface area contributed by atoms with E-state index in [4.69, 9.17) is 11.6 Å². The van der Waals surface area contributed by atoms with Gasteiger partial charge in [0.15, 0.2) is 0 Å². The molecular formula is C13H14ClN3O2. The summed E-state index contributed by atoms with van der Waals surface area (Å²) in [6.45, 7) is 0.875. The van der Waals surface area contributed by atoms with Crippen molar-refractivity contribution in [2.45, 2.75) is 31.8 Å². The number of hydrogen-bond acceptors (Lipinski definition) is 3. The van der Waals surface area contributed by atoms with Crippen LogP contribution >= 0.6 is 11.6 Å². The molecule has 0 aliphatic carbocycles. The second-order valence-electron chi connectivity index (χ2n) is 4.86. The van der Waals surface area contributed by atoms with E-state index in [-0.39, 0.29) is 24.5 Å². The lowest BCUT2D eigenvalue weighted by molar-refractivity contribution is -0.129. The van der Waals surface area contributed by atoms with Crippen molar-refractivity contribution in [3.05, 3.63) is 29.0 Å². The maximum atomic E-state index is 12.2. The van der Waals surface area contributed by atoms with E-state index in [1.165, 1.54) is 4.90 Å². The predicted octanol–water partition coefficient (Wildman–Crippen LogP) is 2.05. The average molecular weight is 280 g/mol. The van der Waals surface area contributed by atoms with Crippen molar-refractivity contribution in [2.24, 2.45) is 0 Å². The molecule has 2 aliphatic rings. The first-order valence-corrected chi connectivity index (χ1v) is 6.78. The topological polar surface area (TPSA) is 53.5 Å². The first-order valence-electron chi connectivity index (χ1n) is 6.40. The van der Waals surface area contributed by atoms with Crippen molar-refractivity contribution in [1.29, 1.82) is 0 Å². The van der Waals surface area contributed by atoms with Crippen LogP contribution in [0.15, 0.2) is 18.2 Å². The molecule has 0 bridgehead atoms. The summed E-state index contributed by atoms with van der Waals surface area (Å²) in [5, 5.41) is 0.370. The molecule has 2 fully saturated rings. The van der Waals surface area contributed by atoms with Crippen molar-refractivity contribution in [3.8, 4) is 0 Å². The number of carbonyl (C=O) groups is 2. The van der Waals surface area contributed by atoms with E-state index in [1.54, 1.807) is 23.1 Å². The van der Waals surface area contributed by atoms with Gasteiger partial charge in [0.25, 0.3) is 5.91 Å². The Kier molecular flexibility index (Phi) is 3.14. The van der Waals surface area contributed by atoms with Crippen LogP contribution in [0.5, 0.6) is 0 Å². The maximum Gasteiger partial charge on any atom is 0.327 e. The summed E-state index contributed by atoms with van der Waals surface area (Å²) in [5.74, 6) is -0.105. The molecule has 1 aromatic heterocycles.